The van der Waals surface area contributed by atoms with E-state index in [0.29, 0.717) is 9.87 Å². The minimum absolute atomic E-state index is 0.00467. The van der Waals surface area contributed by atoms with E-state index in [1.165, 1.54) is 18.2 Å². The summed E-state index contributed by atoms with van der Waals surface area (Å²) in [5.41, 5.74) is 0.574. The molecule has 0 bridgehead atoms. The minimum atomic E-state index is -4.67. The van der Waals surface area contributed by atoms with Gasteiger partial charge < -0.3 is 5.11 Å². The Balaban J connectivity index is 2.44. The zero-order chi connectivity index (χ0) is 13.5. The van der Waals surface area contributed by atoms with Crippen molar-refractivity contribution in [3.05, 3.63) is 29.3 Å². The Kier molecular flexibility index (Phi) is 2.97. The summed E-state index contributed by atoms with van der Waals surface area (Å²) in [6.07, 6.45) is 0.225. The Hall–Kier alpha value is -1.70. The lowest BCUT2D eigenvalue weighted by Gasteiger charge is -2.18. The highest BCUT2D eigenvalue weighted by Gasteiger charge is 2.36. The molecule has 1 aromatic carbocycles. The molecule has 1 aliphatic heterocycles. The van der Waals surface area contributed by atoms with Crippen molar-refractivity contribution < 1.29 is 27.1 Å². The van der Waals surface area contributed by atoms with Gasteiger partial charge in [0.2, 0.25) is 0 Å². The molecule has 5 nitrogen and oxygen atoms in total. The molecule has 0 unspecified atom stereocenters. The molecule has 0 atom stereocenters. The zero-order valence-electron chi connectivity index (χ0n) is 9.01. The molecular weight excluding hydrogens is 268 g/mol. The van der Waals surface area contributed by atoms with Crippen LogP contribution in [0.1, 0.15) is 15.9 Å². The lowest BCUT2D eigenvalue weighted by molar-refractivity contribution is 0.0697. The number of nitrogens with zero attached hydrogens (tertiary/aromatic N) is 1. The number of anilines is 1. The van der Waals surface area contributed by atoms with Gasteiger partial charge in [-0.05, 0) is 30.2 Å². The van der Waals surface area contributed by atoms with Crippen LogP contribution in [0.2, 0.25) is 0 Å². The number of hydrogen-bond donors (Lipinski definition) is 1. The van der Waals surface area contributed by atoms with Crippen molar-refractivity contribution in [2.45, 2.75) is 12.2 Å². The predicted molar refractivity (Wildman–Crippen MR) is 59.4 cm³/mol. The Morgan fingerprint density at radius 3 is 2.61 bits per heavy atom. The number of hydrogen-bond acceptors (Lipinski definition) is 3. The van der Waals surface area contributed by atoms with E-state index in [2.05, 4.69) is 0 Å². The molecule has 0 amide bonds. The molecule has 1 aliphatic rings. The van der Waals surface area contributed by atoms with Crippen molar-refractivity contribution in [1.29, 1.82) is 0 Å². The average molecular weight is 277 g/mol. The zero-order valence-corrected chi connectivity index (χ0v) is 9.82. The van der Waals surface area contributed by atoms with Gasteiger partial charge >= 0.3 is 11.7 Å². The predicted octanol–water partition coefficient (Wildman–Crippen LogP) is 1.30. The molecule has 1 heterocycles. The Morgan fingerprint density at radius 1 is 1.39 bits per heavy atom. The normalized spacial score (nSPS) is 14.9. The van der Waals surface area contributed by atoms with Crippen LogP contribution in [0, 0.1) is 0 Å². The van der Waals surface area contributed by atoms with E-state index >= 15 is 0 Å². The molecule has 1 N–H and O–H groups in total. The second kappa shape index (κ2) is 4.20. The van der Waals surface area contributed by atoms with Crippen LogP contribution >= 0.6 is 0 Å². The van der Waals surface area contributed by atoms with Crippen molar-refractivity contribution in [3.8, 4) is 0 Å². The van der Waals surface area contributed by atoms with Gasteiger partial charge in [0, 0.05) is 6.54 Å². The minimum Gasteiger partial charge on any atom is -0.478 e. The van der Waals surface area contributed by atoms with E-state index < -0.39 is 21.8 Å². The van der Waals surface area contributed by atoms with E-state index in [0.717, 1.165) is 0 Å². The van der Waals surface area contributed by atoms with Gasteiger partial charge in [-0.25, -0.2) is 13.2 Å². The number of aromatic carboxylic acids is 1. The van der Waals surface area contributed by atoms with E-state index in [9.17, 15) is 22.0 Å². The van der Waals surface area contributed by atoms with E-state index in [1.54, 1.807) is 0 Å². The largest absolute Gasteiger partial charge is 0.478 e. The lowest BCUT2D eigenvalue weighted by atomic mass is 10.1. The van der Waals surface area contributed by atoms with Gasteiger partial charge in [0.05, 0.1) is 11.3 Å². The van der Waals surface area contributed by atoms with Gasteiger partial charge in [-0.15, -0.1) is 0 Å². The van der Waals surface area contributed by atoms with Crippen molar-refractivity contribution in [2.75, 3.05) is 10.8 Å². The van der Waals surface area contributed by atoms with Crippen molar-refractivity contribution in [2.24, 2.45) is 0 Å². The van der Waals surface area contributed by atoms with Gasteiger partial charge in [0.15, 0.2) is 0 Å². The number of sulfonamides is 1. The molecule has 0 spiro atoms. The third-order valence-corrected chi connectivity index (χ3v) is 4.16. The number of carbonyl (C=O) groups is 1. The van der Waals surface area contributed by atoms with Crippen LogP contribution in [-0.4, -0.2) is 31.8 Å². The van der Waals surface area contributed by atoms with Crippen LogP contribution in [0.4, 0.5) is 14.5 Å². The maximum absolute atomic E-state index is 12.4. The van der Waals surface area contributed by atoms with Crippen LogP contribution in [0.5, 0.6) is 0 Å². The number of fused-ring (bicyclic) bond motifs is 1. The van der Waals surface area contributed by atoms with Gasteiger partial charge in [0.25, 0.3) is 10.0 Å². The number of carboxylic acids is 1. The van der Waals surface area contributed by atoms with Crippen LogP contribution in [-0.2, 0) is 16.4 Å². The number of benzene rings is 1. The van der Waals surface area contributed by atoms with Crippen molar-refractivity contribution in [1.82, 2.24) is 0 Å². The monoisotopic (exact) mass is 277 g/mol. The van der Waals surface area contributed by atoms with Crippen LogP contribution < -0.4 is 4.31 Å². The summed E-state index contributed by atoms with van der Waals surface area (Å²) >= 11 is 0. The fourth-order valence-corrected chi connectivity index (χ4v) is 2.86. The number of rotatable bonds is 3. The third-order valence-electron chi connectivity index (χ3n) is 2.71. The molecular formula is C10H9F2NO4S. The highest BCUT2D eigenvalue weighted by Crippen LogP contribution is 2.32. The second-order valence-electron chi connectivity index (χ2n) is 3.78. The van der Waals surface area contributed by atoms with Crippen LogP contribution in [0.25, 0.3) is 0 Å². The first-order valence-electron chi connectivity index (χ1n) is 5.00. The molecule has 8 heteroatoms. The van der Waals surface area contributed by atoms with Gasteiger partial charge in [-0.3, -0.25) is 4.31 Å². The average Bonchev–Trinajstić information content (AvgIpc) is 2.71. The SMILES string of the molecule is O=C(O)c1ccc2c(c1)CCN2S(=O)(=O)C(F)F. The van der Waals surface area contributed by atoms with Crippen LogP contribution in [0.3, 0.4) is 0 Å². The molecule has 1 aromatic rings. The topological polar surface area (TPSA) is 74.7 Å². The molecule has 0 radical (unpaired) electrons. The summed E-state index contributed by atoms with van der Waals surface area (Å²) in [4.78, 5) is 10.7. The Morgan fingerprint density at radius 2 is 2.06 bits per heavy atom. The van der Waals surface area contributed by atoms with Gasteiger partial charge in [-0.1, -0.05) is 0 Å². The number of halogens is 2. The first kappa shape index (κ1) is 12.7. The Bertz CT molecular complexity index is 600. The fraction of sp³-hybridized carbons (Fsp3) is 0.300. The molecule has 18 heavy (non-hydrogen) atoms. The van der Waals surface area contributed by atoms with Gasteiger partial charge in [0.1, 0.15) is 0 Å². The van der Waals surface area contributed by atoms with E-state index in [1.807, 2.05) is 0 Å². The van der Waals surface area contributed by atoms with E-state index in [-0.39, 0.29) is 24.2 Å². The quantitative estimate of drug-likeness (QED) is 0.903. The molecule has 2 rings (SSSR count). The maximum atomic E-state index is 12.4. The summed E-state index contributed by atoms with van der Waals surface area (Å²) < 4.78 is 48.3. The van der Waals surface area contributed by atoms with Crippen molar-refractivity contribution in [3.63, 3.8) is 0 Å². The standard InChI is InChI=1S/C10H9F2NO4S/c11-10(12)18(16,17)13-4-3-6-5-7(9(14)15)1-2-8(6)13/h1-2,5,10H,3-4H2,(H,14,15). The van der Waals surface area contributed by atoms with E-state index in [4.69, 9.17) is 5.11 Å². The summed E-state index contributed by atoms with van der Waals surface area (Å²) in [6, 6.07) is 3.74. The molecule has 0 saturated heterocycles. The van der Waals surface area contributed by atoms with Crippen LogP contribution in [0.15, 0.2) is 18.2 Å². The van der Waals surface area contributed by atoms with Crippen molar-refractivity contribution >= 4 is 21.7 Å². The lowest BCUT2D eigenvalue weighted by Crippen LogP contribution is -2.33. The molecule has 98 valence electrons. The Labute approximate surface area is 102 Å². The smallest absolute Gasteiger partial charge is 0.355 e. The summed E-state index contributed by atoms with van der Waals surface area (Å²) in [5, 5.41) is 8.78. The maximum Gasteiger partial charge on any atom is 0.355 e. The number of alkyl halides is 2. The first-order valence-corrected chi connectivity index (χ1v) is 6.50. The third kappa shape index (κ3) is 1.92. The number of carboxylic acid groups (broad SMARTS) is 1. The molecule has 0 fully saturated rings. The first-order chi connectivity index (χ1) is 8.34. The summed E-state index contributed by atoms with van der Waals surface area (Å²) in [7, 11) is -4.67. The summed E-state index contributed by atoms with van der Waals surface area (Å²) in [5.74, 6) is -4.63. The van der Waals surface area contributed by atoms with Gasteiger partial charge in [-0.2, -0.15) is 8.78 Å². The molecule has 0 aliphatic carbocycles. The second-order valence-corrected chi connectivity index (χ2v) is 5.60. The highest BCUT2D eigenvalue weighted by atomic mass is 32.2. The fourth-order valence-electron chi connectivity index (χ4n) is 1.87. The molecule has 0 saturated carbocycles. The summed E-state index contributed by atoms with van der Waals surface area (Å²) in [6.45, 7) is -0.0922. The molecule has 0 aromatic heterocycles. The highest BCUT2D eigenvalue weighted by molar-refractivity contribution is 7.93.